The van der Waals surface area contributed by atoms with Crippen molar-refractivity contribution in [3.8, 4) is 5.75 Å². The van der Waals surface area contributed by atoms with Crippen LogP contribution in [0.3, 0.4) is 0 Å². The van der Waals surface area contributed by atoms with Crippen molar-refractivity contribution in [1.82, 2.24) is 0 Å². The standard InChI is InChI=1S/C18H19NO/c19-18-8-5-13-10-15(6-7-17(13)18)20-11-14-9-12-3-1-2-4-16(12)14/h1-4,6-7,10,14,18H,5,8-9,11,19H2. The SMILES string of the molecule is NC1CCc2cc(OCC3Cc4ccccc43)ccc21. The third-order valence-electron chi connectivity index (χ3n) is 4.65. The number of rotatable bonds is 3. The van der Waals surface area contributed by atoms with E-state index >= 15 is 0 Å². The molecule has 2 aliphatic rings. The van der Waals surface area contributed by atoms with E-state index < -0.39 is 0 Å². The van der Waals surface area contributed by atoms with Crippen LogP contribution in [0.1, 0.15) is 40.6 Å². The Morgan fingerprint density at radius 3 is 2.85 bits per heavy atom. The summed E-state index contributed by atoms with van der Waals surface area (Å²) < 4.78 is 5.99. The third-order valence-corrected chi connectivity index (χ3v) is 4.65. The summed E-state index contributed by atoms with van der Waals surface area (Å²) in [6.45, 7) is 0.780. The van der Waals surface area contributed by atoms with E-state index in [2.05, 4.69) is 42.5 Å². The van der Waals surface area contributed by atoms with Crippen molar-refractivity contribution in [2.45, 2.75) is 31.2 Å². The smallest absolute Gasteiger partial charge is 0.119 e. The summed E-state index contributed by atoms with van der Waals surface area (Å²) in [6.07, 6.45) is 3.29. The molecular formula is C18H19NO. The number of benzene rings is 2. The molecule has 0 aromatic heterocycles. The van der Waals surface area contributed by atoms with E-state index in [9.17, 15) is 0 Å². The van der Waals surface area contributed by atoms with Crippen LogP contribution >= 0.6 is 0 Å². The monoisotopic (exact) mass is 265 g/mol. The first kappa shape index (κ1) is 12.0. The lowest BCUT2D eigenvalue weighted by Crippen LogP contribution is -2.23. The summed E-state index contributed by atoms with van der Waals surface area (Å²) in [5.74, 6) is 1.55. The fourth-order valence-corrected chi connectivity index (χ4v) is 3.42. The zero-order chi connectivity index (χ0) is 13.5. The van der Waals surface area contributed by atoms with Crippen LogP contribution in [0.25, 0.3) is 0 Å². The molecule has 102 valence electrons. The second-order valence-electron chi connectivity index (χ2n) is 5.92. The van der Waals surface area contributed by atoms with Crippen LogP contribution in [-0.2, 0) is 12.8 Å². The molecule has 2 aromatic carbocycles. The number of ether oxygens (including phenoxy) is 1. The van der Waals surface area contributed by atoms with Crippen LogP contribution in [0.2, 0.25) is 0 Å². The Morgan fingerprint density at radius 1 is 1.05 bits per heavy atom. The molecule has 0 fully saturated rings. The molecule has 0 radical (unpaired) electrons. The summed E-state index contributed by atoms with van der Waals surface area (Å²) in [5, 5.41) is 0. The van der Waals surface area contributed by atoms with Gasteiger partial charge in [0.05, 0.1) is 6.61 Å². The molecule has 4 rings (SSSR count). The Kier molecular flexibility index (Phi) is 2.78. The molecule has 0 aliphatic heterocycles. The molecule has 0 amide bonds. The van der Waals surface area contributed by atoms with Crippen LogP contribution in [0.15, 0.2) is 42.5 Å². The fraction of sp³-hybridized carbons (Fsp3) is 0.333. The van der Waals surface area contributed by atoms with Gasteiger partial charge in [0.15, 0.2) is 0 Å². The summed E-state index contributed by atoms with van der Waals surface area (Å²) >= 11 is 0. The van der Waals surface area contributed by atoms with Crippen molar-refractivity contribution < 1.29 is 4.74 Å². The zero-order valence-electron chi connectivity index (χ0n) is 11.5. The highest BCUT2D eigenvalue weighted by molar-refractivity contribution is 5.42. The van der Waals surface area contributed by atoms with Crippen LogP contribution in [0, 0.1) is 0 Å². The molecule has 0 bridgehead atoms. The Balaban J connectivity index is 1.44. The molecule has 0 saturated carbocycles. The van der Waals surface area contributed by atoms with Crippen molar-refractivity contribution >= 4 is 0 Å². The van der Waals surface area contributed by atoms with Crippen LogP contribution in [-0.4, -0.2) is 6.61 Å². The number of fused-ring (bicyclic) bond motifs is 2. The van der Waals surface area contributed by atoms with Crippen LogP contribution in [0.4, 0.5) is 0 Å². The minimum Gasteiger partial charge on any atom is -0.493 e. The maximum absolute atomic E-state index is 6.06. The van der Waals surface area contributed by atoms with E-state index in [1.165, 1.54) is 22.3 Å². The Hall–Kier alpha value is -1.80. The maximum Gasteiger partial charge on any atom is 0.119 e. The minimum absolute atomic E-state index is 0.220. The number of aryl methyl sites for hydroxylation is 1. The lowest BCUT2D eigenvalue weighted by Gasteiger charge is -2.29. The topological polar surface area (TPSA) is 35.2 Å². The van der Waals surface area contributed by atoms with Gasteiger partial charge in [-0.2, -0.15) is 0 Å². The van der Waals surface area contributed by atoms with Gasteiger partial charge < -0.3 is 10.5 Å². The number of nitrogens with two attached hydrogens (primary N) is 1. The molecule has 0 spiro atoms. The summed E-state index contributed by atoms with van der Waals surface area (Å²) in [5.41, 5.74) is 11.7. The third kappa shape index (κ3) is 1.92. The Labute approximate surface area is 119 Å². The van der Waals surface area contributed by atoms with Crippen molar-refractivity contribution in [2.24, 2.45) is 5.73 Å². The predicted molar refractivity (Wildman–Crippen MR) is 80.1 cm³/mol. The zero-order valence-corrected chi connectivity index (χ0v) is 11.5. The average Bonchev–Trinajstić information content (AvgIpc) is 2.81. The molecule has 2 heteroatoms. The van der Waals surface area contributed by atoms with Gasteiger partial charge in [0.1, 0.15) is 5.75 Å². The van der Waals surface area contributed by atoms with E-state index in [1.54, 1.807) is 0 Å². The Bertz CT molecular complexity index is 650. The highest BCUT2D eigenvalue weighted by atomic mass is 16.5. The van der Waals surface area contributed by atoms with Crippen molar-refractivity contribution in [3.63, 3.8) is 0 Å². The highest BCUT2D eigenvalue weighted by Gasteiger charge is 2.26. The van der Waals surface area contributed by atoms with Gasteiger partial charge in [0.2, 0.25) is 0 Å². The van der Waals surface area contributed by atoms with Crippen molar-refractivity contribution in [3.05, 3.63) is 64.7 Å². The quantitative estimate of drug-likeness (QED) is 0.923. The van der Waals surface area contributed by atoms with E-state index in [0.29, 0.717) is 5.92 Å². The minimum atomic E-state index is 0.220. The highest BCUT2D eigenvalue weighted by Crippen LogP contribution is 2.36. The van der Waals surface area contributed by atoms with Gasteiger partial charge in [-0.3, -0.25) is 0 Å². The Morgan fingerprint density at radius 2 is 1.95 bits per heavy atom. The van der Waals surface area contributed by atoms with Crippen molar-refractivity contribution in [2.75, 3.05) is 6.61 Å². The molecule has 0 heterocycles. The summed E-state index contributed by atoms with van der Waals surface area (Å²) in [6, 6.07) is 15.2. The molecule has 2 nitrogen and oxygen atoms in total. The first-order valence-electron chi connectivity index (χ1n) is 7.40. The molecule has 20 heavy (non-hydrogen) atoms. The van der Waals surface area contributed by atoms with Crippen LogP contribution in [0.5, 0.6) is 5.75 Å². The van der Waals surface area contributed by atoms with Gasteiger partial charge in [-0.25, -0.2) is 0 Å². The molecule has 2 aromatic rings. The number of hydrogen-bond donors (Lipinski definition) is 1. The van der Waals surface area contributed by atoms with E-state index in [-0.39, 0.29) is 6.04 Å². The van der Waals surface area contributed by atoms with Gasteiger partial charge in [-0.1, -0.05) is 30.3 Å². The molecule has 2 N–H and O–H groups in total. The summed E-state index contributed by atoms with van der Waals surface area (Å²) in [7, 11) is 0. The lowest BCUT2D eigenvalue weighted by atomic mass is 9.78. The van der Waals surface area contributed by atoms with Gasteiger partial charge in [-0.05, 0) is 53.6 Å². The molecular weight excluding hydrogens is 246 g/mol. The second-order valence-corrected chi connectivity index (χ2v) is 5.92. The van der Waals surface area contributed by atoms with Gasteiger partial charge in [0, 0.05) is 12.0 Å². The van der Waals surface area contributed by atoms with Crippen molar-refractivity contribution in [1.29, 1.82) is 0 Å². The summed E-state index contributed by atoms with van der Waals surface area (Å²) in [4.78, 5) is 0. The first-order valence-corrected chi connectivity index (χ1v) is 7.40. The lowest BCUT2D eigenvalue weighted by molar-refractivity contribution is 0.275. The normalized spacial score (nSPS) is 22.9. The second kappa shape index (κ2) is 4.64. The van der Waals surface area contributed by atoms with Crippen LogP contribution < -0.4 is 10.5 Å². The van der Waals surface area contributed by atoms with E-state index in [0.717, 1.165) is 31.6 Å². The fourth-order valence-electron chi connectivity index (χ4n) is 3.42. The van der Waals surface area contributed by atoms with Gasteiger partial charge in [-0.15, -0.1) is 0 Å². The predicted octanol–water partition coefficient (Wildman–Crippen LogP) is 3.35. The number of hydrogen-bond acceptors (Lipinski definition) is 2. The average molecular weight is 265 g/mol. The molecule has 2 aliphatic carbocycles. The van der Waals surface area contributed by atoms with E-state index in [4.69, 9.17) is 10.5 Å². The first-order chi connectivity index (χ1) is 9.81. The molecule has 0 saturated heterocycles. The van der Waals surface area contributed by atoms with Gasteiger partial charge >= 0.3 is 0 Å². The largest absolute Gasteiger partial charge is 0.493 e. The molecule has 2 atom stereocenters. The maximum atomic E-state index is 6.06. The van der Waals surface area contributed by atoms with E-state index in [1.807, 2.05) is 0 Å². The molecule has 2 unspecified atom stereocenters. The van der Waals surface area contributed by atoms with Gasteiger partial charge in [0.25, 0.3) is 0 Å².